The van der Waals surface area contributed by atoms with Gasteiger partial charge in [-0.25, -0.2) is 0 Å². The number of nitrogens with zero attached hydrogens (tertiary/aromatic N) is 1. The third kappa shape index (κ3) is 5.84. The molecule has 0 unspecified atom stereocenters. The summed E-state index contributed by atoms with van der Waals surface area (Å²) in [6.07, 6.45) is 3.95. The average molecular weight is 428 g/mol. The molecule has 0 bridgehead atoms. The molecule has 0 aliphatic carbocycles. The van der Waals surface area contributed by atoms with Crippen LogP contribution in [-0.4, -0.2) is 43.3 Å². The summed E-state index contributed by atoms with van der Waals surface area (Å²) in [6, 6.07) is 4.25. The van der Waals surface area contributed by atoms with E-state index in [1.165, 1.54) is 5.56 Å². The number of rotatable bonds is 6. The topological polar surface area (TPSA) is 44.7 Å². The van der Waals surface area contributed by atoms with E-state index in [2.05, 4.69) is 32.7 Å². The highest BCUT2D eigenvalue weighted by Crippen LogP contribution is 2.39. The average Bonchev–Trinajstić information content (AvgIpc) is 2.52. The number of aromatic hydroxyl groups is 1. The summed E-state index contributed by atoms with van der Waals surface area (Å²) in [4.78, 5) is 2.48. The van der Waals surface area contributed by atoms with Gasteiger partial charge in [0.2, 0.25) is 0 Å². The number of phenolic OH excluding ortho intramolecular Hbond substituents is 1. The van der Waals surface area contributed by atoms with Crippen molar-refractivity contribution in [1.29, 1.82) is 0 Å². The lowest BCUT2D eigenvalue weighted by Gasteiger charge is -2.35. The van der Waals surface area contributed by atoms with Crippen molar-refractivity contribution in [2.24, 2.45) is 0 Å². The fourth-order valence-corrected chi connectivity index (χ4v) is 3.23. The molecular weight excluding hydrogens is 403 g/mol. The SMILES string of the molecule is C=CCC[C@@H](c1cc(Br)c(O)c(OC)c1)N1CCNCC1.Cl.Cl. The molecule has 2 rings (SSSR count). The largest absolute Gasteiger partial charge is 0.503 e. The molecule has 132 valence electrons. The van der Waals surface area contributed by atoms with Gasteiger partial charge in [-0.05, 0) is 46.5 Å². The second-order valence-electron chi connectivity index (χ2n) is 5.22. The predicted molar refractivity (Wildman–Crippen MR) is 103 cm³/mol. The standard InChI is InChI=1S/C16H23BrN2O2.2ClH/c1-3-4-5-14(19-8-6-18-7-9-19)12-10-13(17)16(20)15(11-12)21-2;;/h3,10-11,14,18,20H,1,4-9H2,2H3;2*1H/t14-;;/m0../s1. The van der Waals surface area contributed by atoms with E-state index in [1.807, 2.05) is 18.2 Å². The van der Waals surface area contributed by atoms with Crippen LogP contribution in [0.25, 0.3) is 0 Å². The zero-order valence-corrected chi connectivity index (χ0v) is 16.5. The molecule has 0 amide bonds. The molecule has 1 aromatic rings. The number of hydrogen-bond acceptors (Lipinski definition) is 4. The molecule has 1 aliphatic rings. The van der Waals surface area contributed by atoms with E-state index in [9.17, 15) is 5.11 Å². The Balaban J connectivity index is 0.00000242. The Labute approximate surface area is 159 Å². The van der Waals surface area contributed by atoms with Crippen LogP contribution in [0.3, 0.4) is 0 Å². The molecule has 0 spiro atoms. The molecule has 1 aliphatic heterocycles. The van der Waals surface area contributed by atoms with Gasteiger partial charge in [-0.3, -0.25) is 4.90 Å². The van der Waals surface area contributed by atoms with Gasteiger partial charge < -0.3 is 15.2 Å². The van der Waals surface area contributed by atoms with Gasteiger partial charge in [0.1, 0.15) is 0 Å². The molecule has 0 saturated carbocycles. The van der Waals surface area contributed by atoms with Crippen molar-refractivity contribution < 1.29 is 9.84 Å². The summed E-state index contributed by atoms with van der Waals surface area (Å²) in [5.74, 6) is 0.669. The maximum atomic E-state index is 9.98. The van der Waals surface area contributed by atoms with E-state index in [0.717, 1.165) is 39.0 Å². The summed E-state index contributed by atoms with van der Waals surface area (Å²) >= 11 is 3.42. The van der Waals surface area contributed by atoms with Crippen LogP contribution in [0.4, 0.5) is 0 Å². The van der Waals surface area contributed by atoms with Crippen LogP contribution in [-0.2, 0) is 0 Å². The maximum absolute atomic E-state index is 9.98. The van der Waals surface area contributed by atoms with Crippen LogP contribution >= 0.6 is 40.7 Å². The van der Waals surface area contributed by atoms with Crippen LogP contribution in [0.15, 0.2) is 29.3 Å². The Morgan fingerprint density at radius 1 is 1.39 bits per heavy atom. The first-order valence-electron chi connectivity index (χ1n) is 7.29. The van der Waals surface area contributed by atoms with Gasteiger partial charge in [0.05, 0.1) is 11.6 Å². The Kier molecular flexibility index (Phi) is 10.9. The number of ether oxygens (including phenoxy) is 1. The van der Waals surface area contributed by atoms with Gasteiger partial charge in [0.15, 0.2) is 11.5 Å². The van der Waals surface area contributed by atoms with Crippen molar-refractivity contribution >= 4 is 40.7 Å². The lowest BCUT2D eigenvalue weighted by Crippen LogP contribution is -2.45. The number of hydrogen-bond donors (Lipinski definition) is 2. The molecule has 23 heavy (non-hydrogen) atoms. The molecule has 1 saturated heterocycles. The molecule has 2 N–H and O–H groups in total. The van der Waals surface area contributed by atoms with E-state index in [1.54, 1.807) is 7.11 Å². The van der Waals surface area contributed by atoms with E-state index in [0.29, 0.717) is 16.3 Å². The van der Waals surface area contributed by atoms with Gasteiger partial charge in [0, 0.05) is 32.2 Å². The molecule has 4 nitrogen and oxygen atoms in total. The summed E-state index contributed by atoms with van der Waals surface area (Å²) in [6.45, 7) is 7.92. The molecule has 1 fully saturated rings. The quantitative estimate of drug-likeness (QED) is 0.675. The van der Waals surface area contributed by atoms with Gasteiger partial charge >= 0.3 is 0 Å². The molecule has 0 radical (unpaired) electrons. The third-order valence-corrected chi connectivity index (χ3v) is 4.50. The fraction of sp³-hybridized carbons (Fsp3) is 0.500. The second kappa shape index (κ2) is 11.2. The minimum absolute atomic E-state index is 0. The number of piperazine rings is 1. The summed E-state index contributed by atoms with van der Waals surface area (Å²) in [7, 11) is 1.58. The Morgan fingerprint density at radius 3 is 2.61 bits per heavy atom. The fourth-order valence-electron chi connectivity index (χ4n) is 2.77. The van der Waals surface area contributed by atoms with E-state index >= 15 is 0 Å². The number of allylic oxidation sites excluding steroid dienone is 1. The van der Waals surface area contributed by atoms with Crippen molar-refractivity contribution in [3.05, 3.63) is 34.8 Å². The Morgan fingerprint density at radius 2 is 2.04 bits per heavy atom. The zero-order valence-electron chi connectivity index (χ0n) is 13.3. The van der Waals surface area contributed by atoms with Gasteiger partial charge in [0.25, 0.3) is 0 Å². The van der Waals surface area contributed by atoms with Crippen LogP contribution in [0.5, 0.6) is 11.5 Å². The van der Waals surface area contributed by atoms with Crippen LogP contribution in [0, 0.1) is 0 Å². The van der Waals surface area contributed by atoms with E-state index < -0.39 is 0 Å². The first-order chi connectivity index (χ1) is 10.2. The number of methoxy groups -OCH3 is 1. The normalized spacial score (nSPS) is 15.9. The summed E-state index contributed by atoms with van der Waals surface area (Å²) in [5, 5.41) is 13.4. The molecular formula is C16H25BrCl2N2O2. The first-order valence-corrected chi connectivity index (χ1v) is 8.08. The minimum atomic E-state index is 0. The molecule has 0 aromatic heterocycles. The van der Waals surface area contributed by atoms with Gasteiger partial charge in [-0.1, -0.05) is 6.08 Å². The van der Waals surface area contributed by atoms with Crippen molar-refractivity contribution in [3.63, 3.8) is 0 Å². The Hall–Kier alpha value is -0.460. The number of halogens is 3. The summed E-state index contributed by atoms with van der Waals surface area (Å²) < 4.78 is 5.95. The lowest BCUT2D eigenvalue weighted by molar-refractivity contribution is 0.166. The van der Waals surface area contributed by atoms with Gasteiger partial charge in [-0.15, -0.1) is 31.4 Å². The van der Waals surface area contributed by atoms with Crippen LogP contribution in [0.2, 0.25) is 0 Å². The lowest BCUT2D eigenvalue weighted by atomic mass is 9.99. The monoisotopic (exact) mass is 426 g/mol. The molecule has 1 aromatic carbocycles. The van der Waals surface area contributed by atoms with Gasteiger partial charge in [-0.2, -0.15) is 0 Å². The highest BCUT2D eigenvalue weighted by Gasteiger charge is 2.23. The first kappa shape index (κ1) is 22.5. The number of phenols is 1. The predicted octanol–water partition coefficient (Wildman–Crippen LogP) is 3.92. The number of benzene rings is 1. The molecule has 7 heteroatoms. The summed E-state index contributed by atoms with van der Waals surface area (Å²) in [5.41, 5.74) is 1.17. The second-order valence-corrected chi connectivity index (χ2v) is 6.08. The van der Waals surface area contributed by atoms with Crippen LogP contribution in [0.1, 0.15) is 24.4 Å². The zero-order chi connectivity index (χ0) is 15.2. The highest BCUT2D eigenvalue weighted by molar-refractivity contribution is 9.10. The smallest absolute Gasteiger partial charge is 0.172 e. The third-order valence-electron chi connectivity index (χ3n) is 3.89. The Bertz CT molecular complexity index is 497. The number of nitrogens with one attached hydrogen (secondary N) is 1. The minimum Gasteiger partial charge on any atom is -0.503 e. The molecule has 1 heterocycles. The highest BCUT2D eigenvalue weighted by atomic mass is 79.9. The van der Waals surface area contributed by atoms with Crippen LogP contribution < -0.4 is 10.1 Å². The van der Waals surface area contributed by atoms with Crippen molar-refractivity contribution in [3.8, 4) is 11.5 Å². The molecule has 1 atom stereocenters. The maximum Gasteiger partial charge on any atom is 0.172 e. The van der Waals surface area contributed by atoms with E-state index in [-0.39, 0.29) is 30.6 Å². The van der Waals surface area contributed by atoms with Crippen molar-refractivity contribution in [2.75, 3.05) is 33.3 Å². The van der Waals surface area contributed by atoms with Crippen molar-refractivity contribution in [1.82, 2.24) is 10.2 Å². The van der Waals surface area contributed by atoms with Crippen molar-refractivity contribution in [2.45, 2.75) is 18.9 Å². The van der Waals surface area contributed by atoms with E-state index in [4.69, 9.17) is 4.74 Å².